The summed E-state index contributed by atoms with van der Waals surface area (Å²) < 4.78 is 0. The van der Waals surface area contributed by atoms with Gasteiger partial charge in [-0.1, -0.05) is 13.8 Å². The summed E-state index contributed by atoms with van der Waals surface area (Å²) in [5.74, 6) is -0.839. The minimum atomic E-state index is -0.839. The molecule has 0 saturated heterocycles. The Balaban J connectivity index is 3.32. The van der Waals surface area contributed by atoms with Crippen LogP contribution in [-0.2, 0) is 12.8 Å². The number of hydrogen-bond acceptors (Lipinski definition) is 1. The number of carboxylic acid groups (broad SMARTS) is 1. The zero-order chi connectivity index (χ0) is 10.7. The molecule has 0 atom stereocenters. The molecule has 1 aromatic carbocycles. The van der Waals surface area contributed by atoms with Crippen LogP contribution in [0.4, 0.5) is 0 Å². The fourth-order valence-electron chi connectivity index (χ4n) is 1.70. The molecule has 0 aromatic heterocycles. The summed E-state index contributed by atoms with van der Waals surface area (Å²) in [5, 5.41) is 8.92. The average Bonchev–Trinajstić information content (AvgIpc) is 2.17. The normalized spacial score (nSPS) is 10.2. The third-order valence-corrected chi connectivity index (χ3v) is 2.63. The highest BCUT2D eigenvalue weighted by Gasteiger charge is 2.09. The summed E-state index contributed by atoms with van der Waals surface area (Å²) in [6.07, 6.45) is 1.78. The average molecular weight is 192 g/mol. The number of hydrogen-bond donors (Lipinski definition) is 1. The zero-order valence-corrected chi connectivity index (χ0v) is 8.92. The van der Waals surface area contributed by atoms with Gasteiger partial charge in [-0.3, -0.25) is 0 Å². The van der Waals surface area contributed by atoms with Gasteiger partial charge in [-0.15, -0.1) is 0 Å². The van der Waals surface area contributed by atoms with Crippen LogP contribution in [0, 0.1) is 6.92 Å². The fraction of sp³-hybridized carbons (Fsp3) is 0.417. The third kappa shape index (κ3) is 1.95. The van der Waals surface area contributed by atoms with Gasteiger partial charge in [0.1, 0.15) is 0 Å². The summed E-state index contributed by atoms with van der Waals surface area (Å²) >= 11 is 0. The maximum Gasteiger partial charge on any atom is 0.335 e. The Morgan fingerprint density at radius 1 is 1.21 bits per heavy atom. The highest BCUT2D eigenvalue weighted by atomic mass is 16.4. The van der Waals surface area contributed by atoms with Crippen LogP contribution in [0.5, 0.6) is 0 Å². The maximum atomic E-state index is 10.8. The van der Waals surface area contributed by atoms with E-state index in [1.165, 1.54) is 5.56 Å². The topological polar surface area (TPSA) is 37.3 Å². The Labute approximate surface area is 84.6 Å². The molecule has 0 fully saturated rings. The van der Waals surface area contributed by atoms with Gasteiger partial charge in [0.15, 0.2) is 0 Å². The summed E-state index contributed by atoms with van der Waals surface area (Å²) in [7, 11) is 0. The van der Waals surface area contributed by atoms with E-state index in [1.54, 1.807) is 12.1 Å². The molecule has 0 amide bonds. The molecular weight excluding hydrogens is 176 g/mol. The molecule has 14 heavy (non-hydrogen) atoms. The summed E-state index contributed by atoms with van der Waals surface area (Å²) in [6.45, 7) is 6.16. The van der Waals surface area contributed by atoms with Gasteiger partial charge in [0.25, 0.3) is 0 Å². The van der Waals surface area contributed by atoms with Crippen molar-refractivity contribution in [3.8, 4) is 0 Å². The van der Waals surface area contributed by atoms with Crippen LogP contribution >= 0.6 is 0 Å². The highest BCUT2D eigenvalue weighted by Crippen LogP contribution is 2.18. The standard InChI is InChI=1S/C12H16O2/c1-4-9-6-11(12(13)14)7-10(5-2)8(9)3/h6-7H,4-5H2,1-3H3,(H,13,14). The molecule has 0 heterocycles. The number of rotatable bonds is 3. The van der Waals surface area contributed by atoms with Crippen LogP contribution in [0.15, 0.2) is 12.1 Å². The lowest BCUT2D eigenvalue weighted by molar-refractivity contribution is 0.0696. The van der Waals surface area contributed by atoms with Crippen molar-refractivity contribution in [3.63, 3.8) is 0 Å². The van der Waals surface area contributed by atoms with E-state index in [-0.39, 0.29) is 0 Å². The zero-order valence-electron chi connectivity index (χ0n) is 8.92. The van der Waals surface area contributed by atoms with Gasteiger partial charge in [-0.2, -0.15) is 0 Å². The lowest BCUT2D eigenvalue weighted by atomic mass is 9.96. The van der Waals surface area contributed by atoms with Gasteiger partial charge in [-0.25, -0.2) is 4.79 Å². The Bertz CT molecular complexity index is 328. The van der Waals surface area contributed by atoms with E-state index in [0.29, 0.717) is 5.56 Å². The third-order valence-electron chi connectivity index (χ3n) is 2.63. The van der Waals surface area contributed by atoms with Crippen molar-refractivity contribution in [2.75, 3.05) is 0 Å². The van der Waals surface area contributed by atoms with Crippen LogP contribution in [-0.4, -0.2) is 11.1 Å². The Morgan fingerprint density at radius 2 is 1.64 bits per heavy atom. The second-order valence-corrected chi connectivity index (χ2v) is 3.43. The van der Waals surface area contributed by atoms with Crippen molar-refractivity contribution >= 4 is 5.97 Å². The first kappa shape index (κ1) is 10.8. The van der Waals surface area contributed by atoms with Gasteiger partial charge in [0.2, 0.25) is 0 Å². The lowest BCUT2D eigenvalue weighted by Crippen LogP contribution is -2.02. The molecule has 76 valence electrons. The molecule has 1 rings (SSSR count). The molecule has 2 heteroatoms. The van der Waals surface area contributed by atoms with Crippen molar-refractivity contribution in [1.82, 2.24) is 0 Å². The number of benzene rings is 1. The van der Waals surface area contributed by atoms with Gasteiger partial charge in [0, 0.05) is 0 Å². The van der Waals surface area contributed by atoms with Gasteiger partial charge in [-0.05, 0) is 48.6 Å². The molecule has 0 unspecified atom stereocenters. The van der Waals surface area contributed by atoms with Crippen molar-refractivity contribution in [3.05, 3.63) is 34.4 Å². The van der Waals surface area contributed by atoms with Crippen molar-refractivity contribution in [2.45, 2.75) is 33.6 Å². The molecule has 0 aliphatic heterocycles. The molecule has 0 bridgehead atoms. The van der Waals surface area contributed by atoms with Crippen LogP contribution in [0.3, 0.4) is 0 Å². The molecule has 1 aromatic rings. The smallest absolute Gasteiger partial charge is 0.335 e. The monoisotopic (exact) mass is 192 g/mol. The Morgan fingerprint density at radius 3 is 1.93 bits per heavy atom. The SMILES string of the molecule is CCc1cc(C(=O)O)cc(CC)c1C. The van der Waals surface area contributed by atoms with Crippen LogP contribution in [0.1, 0.15) is 40.9 Å². The molecule has 0 radical (unpaired) electrons. The first-order valence-electron chi connectivity index (χ1n) is 4.95. The second kappa shape index (κ2) is 4.27. The summed E-state index contributed by atoms with van der Waals surface area (Å²) in [5.41, 5.74) is 3.92. The van der Waals surface area contributed by atoms with Crippen LogP contribution in [0.25, 0.3) is 0 Å². The van der Waals surface area contributed by atoms with E-state index in [9.17, 15) is 4.79 Å². The van der Waals surface area contributed by atoms with E-state index in [4.69, 9.17) is 5.11 Å². The Kier molecular flexibility index (Phi) is 3.28. The highest BCUT2D eigenvalue weighted by molar-refractivity contribution is 5.88. The maximum absolute atomic E-state index is 10.8. The molecule has 0 spiro atoms. The van der Waals surface area contributed by atoms with E-state index < -0.39 is 5.97 Å². The largest absolute Gasteiger partial charge is 0.478 e. The predicted molar refractivity (Wildman–Crippen MR) is 56.9 cm³/mol. The first-order valence-corrected chi connectivity index (χ1v) is 4.95. The number of aromatic carboxylic acids is 1. The van der Waals surface area contributed by atoms with E-state index in [1.807, 2.05) is 13.8 Å². The van der Waals surface area contributed by atoms with Gasteiger partial charge in [0.05, 0.1) is 5.56 Å². The lowest BCUT2D eigenvalue weighted by Gasteiger charge is -2.10. The van der Waals surface area contributed by atoms with Gasteiger partial charge >= 0.3 is 5.97 Å². The predicted octanol–water partition coefficient (Wildman–Crippen LogP) is 2.82. The number of carboxylic acids is 1. The molecule has 1 N–H and O–H groups in total. The summed E-state index contributed by atoms with van der Waals surface area (Å²) in [6, 6.07) is 3.55. The Hall–Kier alpha value is -1.31. The van der Waals surface area contributed by atoms with E-state index >= 15 is 0 Å². The van der Waals surface area contributed by atoms with Crippen molar-refractivity contribution < 1.29 is 9.90 Å². The molecule has 2 nitrogen and oxygen atoms in total. The number of aryl methyl sites for hydroxylation is 2. The fourth-order valence-corrected chi connectivity index (χ4v) is 1.70. The quantitative estimate of drug-likeness (QED) is 0.799. The van der Waals surface area contributed by atoms with Crippen molar-refractivity contribution in [1.29, 1.82) is 0 Å². The molecule has 0 aliphatic carbocycles. The minimum Gasteiger partial charge on any atom is -0.478 e. The van der Waals surface area contributed by atoms with Crippen molar-refractivity contribution in [2.24, 2.45) is 0 Å². The van der Waals surface area contributed by atoms with Crippen LogP contribution < -0.4 is 0 Å². The minimum absolute atomic E-state index is 0.407. The summed E-state index contributed by atoms with van der Waals surface area (Å²) in [4.78, 5) is 10.8. The molecule has 0 aliphatic rings. The molecular formula is C12H16O2. The second-order valence-electron chi connectivity index (χ2n) is 3.43. The first-order chi connectivity index (χ1) is 6.60. The van der Waals surface area contributed by atoms with Gasteiger partial charge < -0.3 is 5.11 Å². The molecule has 0 saturated carbocycles. The number of carbonyl (C=O) groups is 1. The van der Waals surface area contributed by atoms with E-state index in [2.05, 4.69) is 6.92 Å². The van der Waals surface area contributed by atoms with E-state index in [0.717, 1.165) is 24.0 Å². The van der Waals surface area contributed by atoms with Crippen LogP contribution in [0.2, 0.25) is 0 Å².